The van der Waals surface area contributed by atoms with E-state index < -0.39 is 0 Å². The van der Waals surface area contributed by atoms with E-state index in [9.17, 15) is 5.11 Å². The first-order chi connectivity index (χ1) is 13.7. The lowest BCUT2D eigenvalue weighted by atomic mass is 9.47. The molecule has 4 aliphatic carbocycles. The maximum Gasteiger partial charge on any atom is 0.0543 e. The molecule has 0 radical (unpaired) electrons. The van der Waals surface area contributed by atoms with E-state index in [2.05, 4.69) is 47.6 Å². The second-order valence-electron chi connectivity index (χ2n) is 12.7. The normalized spacial score (nSPS) is 46.5. The van der Waals surface area contributed by atoms with E-state index in [4.69, 9.17) is 0 Å². The van der Waals surface area contributed by atoms with Crippen LogP contribution in [-0.2, 0) is 0 Å². The minimum absolute atomic E-state index is 0.0400. The summed E-state index contributed by atoms with van der Waals surface area (Å²) in [5, 5.41) is 10.2. The smallest absolute Gasteiger partial charge is 0.0543 e. The van der Waals surface area contributed by atoms with Crippen LogP contribution in [0.25, 0.3) is 0 Å². The molecule has 3 fully saturated rings. The van der Waals surface area contributed by atoms with Crippen molar-refractivity contribution in [2.75, 3.05) is 0 Å². The number of aliphatic hydroxyl groups excluding tert-OH is 1. The van der Waals surface area contributed by atoms with Gasteiger partial charge in [0.25, 0.3) is 0 Å². The Balaban J connectivity index is 1.50. The molecular weight excluding hydrogens is 352 g/mol. The zero-order chi connectivity index (χ0) is 21.0. The van der Waals surface area contributed by atoms with Crippen LogP contribution in [0, 0.1) is 52.3 Å². The maximum atomic E-state index is 10.2. The summed E-state index contributed by atoms with van der Waals surface area (Å²) in [6.07, 6.45) is 15.8. The van der Waals surface area contributed by atoms with Gasteiger partial charge in [-0.1, -0.05) is 66.0 Å². The lowest BCUT2D eigenvalue weighted by Crippen LogP contribution is -2.49. The van der Waals surface area contributed by atoms with Crippen molar-refractivity contribution in [1.29, 1.82) is 0 Å². The van der Waals surface area contributed by atoms with Gasteiger partial charge < -0.3 is 5.11 Å². The van der Waals surface area contributed by atoms with Crippen LogP contribution in [0.3, 0.4) is 0 Å². The Hall–Kier alpha value is -0.300. The number of allylic oxidation sites excluding steroid dienone is 2. The van der Waals surface area contributed by atoms with Crippen molar-refractivity contribution < 1.29 is 5.11 Å². The quantitative estimate of drug-likeness (QED) is 0.470. The highest BCUT2D eigenvalue weighted by atomic mass is 16.3. The molecule has 29 heavy (non-hydrogen) atoms. The number of fused-ring (bicyclic) bond motifs is 5. The second-order valence-corrected chi connectivity index (χ2v) is 12.7. The van der Waals surface area contributed by atoms with Gasteiger partial charge in [0.2, 0.25) is 0 Å². The monoisotopic (exact) mass is 400 g/mol. The van der Waals surface area contributed by atoms with Gasteiger partial charge in [0, 0.05) is 0 Å². The maximum absolute atomic E-state index is 10.2. The third-order valence-electron chi connectivity index (χ3n) is 11.0. The summed E-state index contributed by atoms with van der Waals surface area (Å²) in [5.74, 6) is 5.85. The molecule has 0 bridgehead atoms. The topological polar surface area (TPSA) is 20.2 Å². The molecule has 166 valence electrons. The fourth-order valence-corrected chi connectivity index (χ4v) is 8.53. The summed E-state index contributed by atoms with van der Waals surface area (Å²) in [6, 6.07) is 0. The van der Waals surface area contributed by atoms with E-state index in [1.54, 1.807) is 0 Å². The molecule has 0 aliphatic heterocycles. The van der Waals surface area contributed by atoms with Crippen LogP contribution < -0.4 is 0 Å². The molecule has 1 nitrogen and oxygen atoms in total. The fraction of sp³-hybridized carbons (Fsp3) is 0.929. The molecule has 1 heteroatoms. The Labute approximate surface area is 181 Å². The molecule has 0 aromatic carbocycles. The van der Waals surface area contributed by atoms with Crippen LogP contribution in [0.2, 0.25) is 0 Å². The van der Waals surface area contributed by atoms with Gasteiger partial charge in [-0.2, -0.15) is 0 Å². The van der Waals surface area contributed by atoms with Crippen molar-refractivity contribution >= 4 is 0 Å². The SMILES string of the molecule is CC(C)[C@@H](C)CC[C@@H](C)[C@H]1CCC2C3=CC[C@H]4C[C@@H](O)CC[C@]4(C)[C@H]3CC[C@@]21C. The van der Waals surface area contributed by atoms with Crippen molar-refractivity contribution in [2.24, 2.45) is 52.3 Å². The van der Waals surface area contributed by atoms with Crippen LogP contribution in [0.15, 0.2) is 11.6 Å². The molecular formula is C28H48O. The molecule has 0 saturated heterocycles. The van der Waals surface area contributed by atoms with Crippen molar-refractivity contribution in [3.8, 4) is 0 Å². The van der Waals surface area contributed by atoms with Gasteiger partial charge in [0.15, 0.2) is 0 Å². The molecule has 1 unspecified atom stereocenters. The summed E-state index contributed by atoms with van der Waals surface area (Å²) < 4.78 is 0. The molecule has 1 N–H and O–H groups in total. The Morgan fingerprint density at radius 2 is 1.62 bits per heavy atom. The van der Waals surface area contributed by atoms with Crippen LogP contribution in [0.4, 0.5) is 0 Å². The number of rotatable bonds is 5. The van der Waals surface area contributed by atoms with Crippen molar-refractivity contribution in [3.05, 3.63) is 11.6 Å². The van der Waals surface area contributed by atoms with Gasteiger partial charge in [-0.3, -0.25) is 0 Å². The minimum atomic E-state index is -0.0400. The summed E-state index contributed by atoms with van der Waals surface area (Å²) >= 11 is 0. The molecule has 0 heterocycles. The first kappa shape index (κ1) is 21.9. The van der Waals surface area contributed by atoms with Crippen molar-refractivity contribution in [3.63, 3.8) is 0 Å². The lowest BCUT2D eigenvalue weighted by molar-refractivity contribution is -0.0428. The molecule has 4 aliphatic rings. The molecule has 3 saturated carbocycles. The highest BCUT2D eigenvalue weighted by molar-refractivity contribution is 5.27. The summed E-state index contributed by atoms with van der Waals surface area (Å²) in [6.45, 7) is 15.1. The molecule has 4 rings (SSSR count). The van der Waals surface area contributed by atoms with E-state index in [0.29, 0.717) is 10.8 Å². The number of hydrogen-bond acceptors (Lipinski definition) is 1. The fourth-order valence-electron chi connectivity index (χ4n) is 8.53. The van der Waals surface area contributed by atoms with E-state index in [1.165, 1.54) is 51.4 Å². The van der Waals surface area contributed by atoms with Crippen LogP contribution >= 0.6 is 0 Å². The lowest BCUT2D eigenvalue weighted by Gasteiger charge is -2.57. The van der Waals surface area contributed by atoms with Crippen LogP contribution in [0.1, 0.15) is 106 Å². The van der Waals surface area contributed by atoms with Gasteiger partial charge in [0.05, 0.1) is 6.10 Å². The summed E-state index contributed by atoms with van der Waals surface area (Å²) in [4.78, 5) is 0. The zero-order valence-electron chi connectivity index (χ0n) is 20.2. The van der Waals surface area contributed by atoms with E-state index >= 15 is 0 Å². The Morgan fingerprint density at radius 3 is 2.34 bits per heavy atom. The van der Waals surface area contributed by atoms with Gasteiger partial charge in [-0.15, -0.1) is 0 Å². The largest absolute Gasteiger partial charge is 0.393 e. The third kappa shape index (κ3) is 3.66. The molecule has 0 spiro atoms. The highest BCUT2D eigenvalue weighted by Gasteiger charge is 2.58. The van der Waals surface area contributed by atoms with Gasteiger partial charge in [-0.05, 0) is 104 Å². The van der Waals surface area contributed by atoms with Crippen LogP contribution in [0.5, 0.6) is 0 Å². The zero-order valence-corrected chi connectivity index (χ0v) is 20.2. The van der Waals surface area contributed by atoms with E-state index in [-0.39, 0.29) is 6.10 Å². The Morgan fingerprint density at radius 1 is 0.931 bits per heavy atom. The minimum Gasteiger partial charge on any atom is -0.393 e. The summed E-state index contributed by atoms with van der Waals surface area (Å²) in [5.41, 5.74) is 2.88. The number of hydrogen-bond donors (Lipinski definition) is 1. The summed E-state index contributed by atoms with van der Waals surface area (Å²) in [7, 11) is 0. The predicted molar refractivity (Wildman–Crippen MR) is 124 cm³/mol. The first-order valence-corrected chi connectivity index (χ1v) is 13.0. The second kappa shape index (κ2) is 7.99. The third-order valence-corrected chi connectivity index (χ3v) is 11.0. The average Bonchev–Trinajstić information content (AvgIpc) is 3.03. The molecule has 0 aromatic rings. The molecule has 0 amide bonds. The van der Waals surface area contributed by atoms with E-state index in [0.717, 1.165) is 54.3 Å². The Kier molecular flexibility index (Phi) is 6.04. The average molecular weight is 401 g/mol. The standard InChI is InChI=1S/C28H48O/c1-18(2)19(3)7-8-20(4)24-11-12-25-23-10-9-21-17-22(29)13-15-27(21,5)26(23)14-16-28(24,25)6/h10,18-22,24-26,29H,7-9,11-17H2,1-6H3/t19-,20+,21-,22-,24+,25?,26-,27-,28+/m0/s1. The van der Waals surface area contributed by atoms with Crippen molar-refractivity contribution in [1.82, 2.24) is 0 Å². The molecule has 9 atom stereocenters. The van der Waals surface area contributed by atoms with Gasteiger partial charge in [0.1, 0.15) is 0 Å². The van der Waals surface area contributed by atoms with E-state index in [1.807, 2.05) is 5.57 Å². The van der Waals surface area contributed by atoms with Gasteiger partial charge >= 0.3 is 0 Å². The Bertz CT molecular complexity index is 620. The van der Waals surface area contributed by atoms with Crippen LogP contribution in [-0.4, -0.2) is 11.2 Å². The van der Waals surface area contributed by atoms with Crippen molar-refractivity contribution in [2.45, 2.75) is 112 Å². The predicted octanol–water partition coefficient (Wildman–Crippen LogP) is 7.63. The van der Waals surface area contributed by atoms with Gasteiger partial charge in [-0.25, -0.2) is 0 Å². The highest BCUT2D eigenvalue weighted by Crippen LogP contribution is 2.67. The molecule has 0 aromatic heterocycles. The first-order valence-electron chi connectivity index (χ1n) is 13.0. The number of aliphatic hydroxyl groups is 1.